The van der Waals surface area contributed by atoms with E-state index in [0.717, 1.165) is 12.2 Å². The predicted molar refractivity (Wildman–Crippen MR) is 71.5 cm³/mol. The van der Waals surface area contributed by atoms with Gasteiger partial charge in [0.05, 0.1) is 0 Å². The van der Waals surface area contributed by atoms with Gasteiger partial charge in [-0.25, -0.2) is 4.98 Å². The summed E-state index contributed by atoms with van der Waals surface area (Å²) in [5.41, 5.74) is -0.329. The van der Waals surface area contributed by atoms with E-state index >= 15 is 0 Å². The van der Waals surface area contributed by atoms with Gasteiger partial charge in [0, 0.05) is 18.0 Å². The molecule has 1 aromatic heterocycles. The highest BCUT2D eigenvalue weighted by Gasteiger charge is 2.29. The van der Waals surface area contributed by atoms with E-state index in [1.165, 1.54) is 0 Å². The van der Waals surface area contributed by atoms with Gasteiger partial charge < -0.3 is 4.90 Å². The maximum Gasteiger partial charge on any atom is 0.293 e. The van der Waals surface area contributed by atoms with Crippen LogP contribution >= 0.6 is 0 Å². The standard InChI is InChI=1S/C13H24N4O/c1-8-13(5,6)17(7)10(18)9-14-11(16-15-9)12(2,3)4/h8H2,1-7H3,(H,14,15,16). The Bertz CT molecular complexity index is 428. The van der Waals surface area contributed by atoms with E-state index < -0.39 is 0 Å². The summed E-state index contributed by atoms with van der Waals surface area (Å²) in [5, 5.41) is 6.87. The van der Waals surface area contributed by atoms with Crippen LogP contribution in [0.25, 0.3) is 0 Å². The zero-order valence-corrected chi connectivity index (χ0v) is 12.5. The zero-order chi connectivity index (χ0) is 14.1. The molecule has 0 radical (unpaired) electrons. The maximum atomic E-state index is 12.3. The lowest BCUT2D eigenvalue weighted by Gasteiger charge is -2.33. The van der Waals surface area contributed by atoms with Crippen LogP contribution in [0.2, 0.25) is 0 Å². The number of nitrogens with zero attached hydrogens (tertiary/aromatic N) is 3. The van der Waals surface area contributed by atoms with Crippen molar-refractivity contribution < 1.29 is 4.79 Å². The summed E-state index contributed by atoms with van der Waals surface area (Å²) in [4.78, 5) is 18.3. The first-order chi connectivity index (χ1) is 8.09. The first kappa shape index (κ1) is 14.7. The second-order valence-corrected chi connectivity index (χ2v) is 6.29. The van der Waals surface area contributed by atoms with E-state index in [9.17, 15) is 4.79 Å². The number of carbonyl (C=O) groups is 1. The first-order valence-corrected chi connectivity index (χ1v) is 6.30. The molecule has 18 heavy (non-hydrogen) atoms. The fourth-order valence-corrected chi connectivity index (χ4v) is 1.35. The van der Waals surface area contributed by atoms with Crippen LogP contribution in [0.15, 0.2) is 0 Å². The summed E-state index contributed by atoms with van der Waals surface area (Å²) in [6, 6.07) is 0. The minimum atomic E-state index is -0.195. The number of H-pyrrole nitrogens is 1. The fourth-order valence-electron chi connectivity index (χ4n) is 1.35. The van der Waals surface area contributed by atoms with Gasteiger partial charge in [-0.1, -0.05) is 27.7 Å². The Hall–Kier alpha value is -1.39. The molecule has 1 amide bonds. The predicted octanol–water partition coefficient (Wildman–Crippen LogP) is 2.36. The van der Waals surface area contributed by atoms with E-state index in [4.69, 9.17) is 0 Å². The molecule has 0 bridgehead atoms. The monoisotopic (exact) mass is 252 g/mol. The maximum absolute atomic E-state index is 12.3. The molecular formula is C13H24N4O. The van der Waals surface area contributed by atoms with Crippen LogP contribution < -0.4 is 0 Å². The van der Waals surface area contributed by atoms with E-state index in [1.54, 1.807) is 11.9 Å². The number of carbonyl (C=O) groups excluding carboxylic acids is 1. The van der Waals surface area contributed by atoms with E-state index in [1.807, 2.05) is 34.6 Å². The van der Waals surface area contributed by atoms with Gasteiger partial charge in [-0.15, -0.1) is 5.10 Å². The summed E-state index contributed by atoms with van der Waals surface area (Å²) >= 11 is 0. The van der Waals surface area contributed by atoms with Crippen LogP contribution in [0, 0.1) is 0 Å². The van der Waals surface area contributed by atoms with Crippen molar-refractivity contribution in [2.45, 2.75) is 58.9 Å². The van der Waals surface area contributed by atoms with Gasteiger partial charge in [0.1, 0.15) is 5.82 Å². The molecule has 1 aromatic rings. The van der Waals surface area contributed by atoms with Crippen molar-refractivity contribution in [1.29, 1.82) is 0 Å². The Kier molecular flexibility index (Phi) is 3.84. The number of hydrogen-bond acceptors (Lipinski definition) is 3. The largest absolute Gasteiger partial charge is 0.334 e. The number of nitrogens with one attached hydrogen (secondary N) is 1. The normalized spacial score (nSPS) is 12.6. The summed E-state index contributed by atoms with van der Waals surface area (Å²) in [5.74, 6) is 0.825. The first-order valence-electron chi connectivity index (χ1n) is 6.30. The number of hydrogen-bond donors (Lipinski definition) is 1. The molecule has 0 fully saturated rings. The van der Waals surface area contributed by atoms with Crippen molar-refractivity contribution in [2.75, 3.05) is 7.05 Å². The van der Waals surface area contributed by atoms with Crippen molar-refractivity contribution in [3.05, 3.63) is 11.6 Å². The summed E-state index contributed by atoms with van der Waals surface area (Å²) in [6.07, 6.45) is 0.881. The van der Waals surface area contributed by atoms with Gasteiger partial charge in [0.25, 0.3) is 5.91 Å². The lowest BCUT2D eigenvalue weighted by atomic mass is 9.96. The average molecular weight is 252 g/mol. The molecule has 0 aliphatic heterocycles. The number of rotatable bonds is 3. The van der Waals surface area contributed by atoms with E-state index in [-0.39, 0.29) is 22.7 Å². The molecule has 5 heteroatoms. The molecule has 0 spiro atoms. The third-order valence-electron chi connectivity index (χ3n) is 3.46. The Morgan fingerprint density at radius 2 is 1.83 bits per heavy atom. The van der Waals surface area contributed by atoms with Crippen LogP contribution in [0.3, 0.4) is 0 Å². The molecule has 0 aliphatic carbocycles. The molecular weight excluding hydrogens is 228 g/mol. The molecule has 1 heterocycles. The summed E-state index contributed by atoms with van der Waals surface area (Å²) in [7, 11) is 1.79. The Morgan fingerprint density at radius 3 is 2.22 bits per heavy atom. The van der Waals surface area contributed by atoms with E-state index in [2.05, 4.69) is 22.1 Å². The second kappa shape index (κ2) is 4.71. The van der Waals surface area contributed by atoms with Gasteiger partial charge in [-0.05, 0) is 20.3 Å². The van der Waals surface area contributed by atoms with Crippen LogP contribution in [0.5, 0.6) is 0 Å². The molecule has 0 aliphatic rings. The topological polar surface area (TPSA) is 61.9 Å². The van der Waals surface area contributed by atoms with Gasteiger partial charge in [-0.3, -0.25) is 9.89 Å². The molecule has 1 rings (SSSR count). The van der Waals surface area contributed by atoms with Gasteiger partial charge in [0.2, 0.25) is 5.82 Å². The Morgan fingerprint density at radius 1 is 1.28 bits per heavy atom. The lowest BCUT2D eigenvalue weighted by Crippen LogP contribution is -2.44. The molecule has 1 N–H and O–H groups in total. The van der Waals surface area contributed by atoms with Crippen molar-refractivity contribution in [2.24, 2.45) is 0 Å². The highest BCUT2D eigenvalue weighted by atomic mass is 16.2. The number of aromatic nitrogens is 3. The lowest BCUT2D eigenvalue weighted by molar-refractivity contribution is 0.0608. The molecule has 0 aromatic carbocycles. The quantitative estimate of drug-likeness (QED) is 0.898. The highest BCUT2D eigenvalue weighted by Crippen LogP contribution is 2.20. The van der Waals surface area contributed by atoms with Crippen LogP contribution in [-0.4, -0.2) is 38.6 Å². The van der Waals surface area contributed by atoms with Gasteiger partial charge in [0.15, 0.2) is 0 Å². The molecule has 102 valence electrons. The number of aromatic amines is 1. The minimum Gasteiger partial charge on any atom is -0.334 e. The second-order valence-electron chi connectivity index (χ2n) is 6.29. The minimum absolute atomic E-state index is 0.135. The van der Waals surface area contributed by atoms with E-state index in [0.29, 0.717) is 0 Å². The average Bonchev–Trinajstić information content (AvgIpc) is 2.75. The Labute approximate surface area is 109 Å². The summed E-state index contributed by atoms with van der Waals surface area (Å²) < 4.78 is 0. The SMILES string of the molecule is CCC(C)(C)N(C)C(=O)c1n[nH]c(C(C)(C)C)n1. The van der Waals surface area contributed by atoms with Gasteiger partial charge in [-0.2, -0.15) is 0 Å². The van der Waals surface area contributed by atoms with Crippen molar-refractivity contribution in [3.63, 3.8) is 0 Å². The van der Waals surface area contributed by atoms with Crippen LogP contribution in [0.4, 0.5) is 0 Å². The number of amides is 1. The molecule has 0 saturated heterocycles. The van der Waals surface area contributed by atoms with Crippen molar-refractivity contribution >= 4 is 5.91 Å². The third-order valence-corrected chi connectivity index (χ3v) is 3.46. The van der Waals surface area contributed by atoms with Crippen LogP contribution in [-0.2, 0) is 5.41 Å². The molecule has 0 saturated carbocycles. The van der Waals surface area contributed by atoms with Crippen molar-refractivity contribution in [3.8, 4) is 0 Å². The van der Waals surface area contributed by atoms with Crippen LogP contribution in [0.1, 0.15) is 64.4 Å². The zero-order valence-electron chi connectivity index (χ0n) is 12.5. The molecule has 0 unspecified atom stereocenters. The fraction of sp³-hybridized carbons (Fsp3) is 0.769. The molecule has 5 nitrogen and oxygen atoms in total. The Balaban J connectivity index is 2.96. The molecule has 0 atom stereocenters. The highest BCUT2D eigenvalue weighted by molar-refractivity contribution is 5.90. The third kappa shape index (κ3) is 2.89. The summed E-state index contributed by atoms with van der Waals surface area (Å²) in [6.45, 7) is 12.2. The smallest absolute Gasteiger partial charge is 0.293 e. The van der Waals surface area contributed by atoms with Gasteiger partial charge >= 0.3 is 0 Å². The van der Waals surface area contributed by atoms with Crippen molar-refractivity contribution in [1.82, 2.24) is 20.1 Å².